The highest BCUT2D eigenvalue weighted by Gasteiger charge is 2.02. The molecule has 0 spiro atoms. The molecule has 0 amide bonds. The summed E-state index contributed by atoms with van der Waals surface area (Å²) in [5.41, 5.74) is 1.49. The molecule has 0 saturated carbocycles. The van der Waals surface area contributed by atoms with Gasteiger partial charge in [0, 0.05) is 18.7 Å². The molecular weight excluding hydrogens is 284 g/mol. The molecule has 116 valence electrons. The van der Waals surface area contributed by atoms with Gasteiger partial charge in [0.25, 0.3) is 0 Å². The molecule has 2 aromatic carbocycles. The van der Waals surface area contributed by atoms with Gasteiger partial charge in [-0.15, -0.1) is 0 Å². The van der Waals surface area contributed by atoms with Gasteiger partial charge in [0.1, 0.15) is 11.6 Å². The monoisotopic (exact) mass is 303 g/mol. The predicted octanol–water partition coefficient (Wildman–Crippen LogP) is 3.22. The fraction of sp³-hybridized carbons (Fsp3) is 0.235. The third-order valence-electron chi connectivity index (χ3n) is 3.08. The first-order valence-electron chi connectivity index (χ1n) is 7.19. The first-order chi connectivity index (χ1) is 10.7. The van der Waals surface area contributed by atoms with Crippen molar-refractivity contribution in [2.24, 2.45) is 4.99 Å². The van der Waals surface area contributed by atoms with E-state index in [1.165, 1.54) is 18.2 Å². The summed E-state index contributed by atoms with van der Waals surface area (Å²) in [7, 11) is 0. The average Bonchev–Trinajstić information content (AvgIpc) is 2.53. The lowest BCUT2D eigenvalue weighted by Crippen LogP contribution is -2.37. The number of benzene rings is 2. The van der Waals surface area contributed by atoms with Gasteiger partial charge in [0.2, 0.25) is 0 Å². The maximum atomic E-state index is 13.6. The molecule has 0 fully saturated rings. The van der Waals surface area contributed by atoms with E-state index in [-0.39, 0.29) is 11.6 Å². The van der Waals surface area contributed by atoms with Crippen molar-refractivity contribution >= 4 is 5.96 Å². The van der Waals surface area contributed by atoms with Crippen LogP contribution in [0.25, 0.3) is 0 Å². The summed E-state index contributed by atoms with van der Waals surface area (Å²) in [5, 5.41) is 6.18. The maximum absolute atomic E-state index is 13.6. The van der Waals surface area contributed by atoms with Crippen molar-refractivity contribution in [3.05, 3.63) is 71.3 Å². The van der Waals surface area contributed by atoms with Crippen LogP contribution in [-0.4, -0.2) is 12.5 Å². The first-order valence-corrected chi connectivity index (χ1v) is 7.19. The Bertz CT molecular complexity index is 624. The molecule has 0 aliphatic carbocycles. The molecule has 0 saturated heterocycles. The molecule has 0 atom stereocenters. The molecule has 0 bridgehead atoms. The lowest BCUT2D eigenvalue weighted by molar-refractivity contribution is 0.604. The number of halogens is 2. The van der Waals surface area contributed by atoms with E-state index in [4.69, 9.17) is 0 Å². The van der Waals surface area contributed by atoms with Crippen LogP contribution in [0.4, 0.5) is 8.78 Å². The van der Waals surface area contributed by atoms with E-state index in [9.17, 15) is 8.78 Å². The summed E-state index contributed by atoms with van der Waals surface area (Å²) in [6.07, 6.45) is 0. The highest BCUT2D eigenvalue weighted by Crippen LogP contribution is 2.06. The number of nitrogens with one attached hydrogen (secondary N) is 2. The number of hydrogen-bond donors (Lipinski definition) is 2. The van der Waals surface area contributed by atoms with Gasteiger partial charge >= 0.3 is 0 Å². The molecular formula is C17H19F2N3. The summed E-state index contributed by atoms with van der Waals surface area (Å²) < 4.78 is 26.4. The van der Waals surface area contributed by atoms with Gasteiger partial charge < -0.3 is 10.6 Å². The van der Waals surface area contributed by atoms with Crippen LogP contribution in [0.1, 0.15) is 18.1 Å². The van der Waals surface area contributed by atoms with Gasteiger partial charge in [-0.05, 0) is 30.7 Å². The number of nitrogens with zero attached hydrogens (tertiary/aromatic N) is 1. The Kier molecular flexibility index (Phi) is 5.89. The Morgan fingerprint density at radius 1 is 1.00 bits per heavy atom. The molecule has 2 aromatic rings. The van der Waals surface area contributed by atoms with Crippen molar-refractivity contribution in [1.29, 1.82) is 0 Å². The normalized spacial score (nSPS) is 11.3. The Balaban J connectivity index is 1.98. The third-order valence-corrected chi connectivity index (χ3v) is 3.08. The summed E-state index contributed by atoms with van der Waals surface area (Å²) in [6.45, 7) is 3.43. The third kappa shape index (κ3) is 4.84. The Labute approximate surface area is 129 Å². The highest BCUT2D eigenvalue weighted by atomic mass is 19.1. The molecule has 2 rings (SSSR count). The second-order valence-corrected chi connectivity index (χ2v) is 4.77. The van der Waals surface area contributed by atoms with Crippen LogP contribution < -0.4 is 10.6 Å². The van der Waals surface area contributed by atoms with E-state index in [0.717, 1.165) is 5.56 Å². The number of guanidine groups is 1. The molecule has 0 aliphatic heterocycles. The van der Waals surface area contributed by atoms with Crippen LogP contribution in [0.2, 0.25) is 0 Å². The van der Waals surface area contributed by atoms with Gasteiger partial charge in [0.05, 0.1) is 6.54 Å². The van der Waals surface area contributed by atoms with Crippen molar-refractivity contribution in [3.63, 3.8) is 0 Å². The molecule has 3 nitrogen and oxygen atoms in total. The van der Waals surface area contributed by atoms with Gasteiger partial charge in [-0.25, -0.2) is 13.8 Å². The zero-order valence-corrected chi connectivity index (χ0v) is 12.4. The van der Waals surface area contributed by atoms with E-state index in [0.29, 0.717) is 31.2 Å². The van der Waals surface area contributed by atoms with Gasteiger partial charge in [-0.2, -0.15) is 0 Å². The van der Waals surface area contributed by atoms with Gasteiger partial charge in [-0.3, -0.25) is 0 Å². The van der Waals surface area contributed by atoms with Crippen molar-refractivity contribution in [2.45, 2.75) is 20.0 Å². The molecule has 0 aromatic heterocycles. The quantitative estimate of drug-likeness (QED) is 0.657. The van der Waals surface area contributed by atoms with Crippen LogP contribution in [0.3, 0.4) is 0 Å². The van der Waals surface area contributed by atoms with E-state index in [2.05, 4.69) is 15.6 Å². The Morgan fingerprint density at radius 2 is 1.73 bits per heavy atom. The van der Waals surface area contributed by atoms with Gasteiger partial charge in [-0.1, -0.05) is 30.3 Å². The summed E-state index contributed by atoms with van der Waals surface area (Å²) in [6, 6.07) is 12.8. The van der Waals surface area contributed by atoms with Crippen LogP contribution in [0, 0.1) is 11.6 Å². The van der Waals surface area contributed by atoms with Crippen LogP contribution >= 0.6 is 0 Å². The largest absolute Gasteiger partial charge is 0.357 e. The van der Waals surface area contributed by atoms with Gasteiger partial charge in [0.15, 0.2) is 5.96 Å². The van der Waals surface area contributed by atoms with Crippen molar-refractivity contribution < 1.29 is 8.78 Å². The zero-order valence-electron chi connectivity index (χ0n) is 12.4. The Hall–Kier alpha value is -2.43. The van der Waals surface area contributed by atoms with Crippen molar-refractivity contribution in [1.82, 2.24) is 10.6 Å². The molecule has 0 radical (unpaired) electrons. The van der Waals surface area contributed by atoms with Crippen LogP contribution in [0.5, 0.6) is 0 Å². The van der Waals surface area contributed by atoms with E-state index in [1.54, 1.807) is 30.3 Å². The number of hydrogen-bond acceptors (Lipinski definition) is 1. The lowest BCUT2D eigenvalue weighted by atomic mass is 10.2. The molecule has 5 heteroatoms. The standard InChI is InChI=1S/C17H19F2N3/c1-2-20-17(21-11-13-7-9-15(18)10-8-13)22-12-14-5-3-4-6-16(14)19/h3-10H,2,11-12H2,1H3,(H2,20,21,22). The second kappa shape index (κ2) is 8.12. The fourth-order valence-corrected chi connectivity index (χ4v) is 1.92. The number of aliphatic imine (C=N–C) groups is 1. The number of rotatable bonds is 5. The second-order valence-electron chi connectivity index (χ2n) is 4.77. The molecule has 0 heterocycles. The summed E-state index contributed by atoms with van der Waals surface area (Å²) >= 11 is 0. The summed E-state index contributed by atoms with van der Waals surface area (Å²) in [5.74, 6) is 0.0803. The van der Waals surface area contributed by atoms with E-state index in [1.807, 2.05) is 6.92 Å². The Morgan fingerprint density at radius 3 is 2.41 bits per heavy atom. The fourth-order valence-electron chi connectivity index (χ4n) is 1.92. The smallest absolute Gasteiger partial charge is 0.191 e. The SMILES string of the molecule is CCNC(=NCc1ccc(F)cc1)NCc1ccccc1F. The molecule has 0 unspecified atom stereocenters. The topological polar surface area (TPSA) is 36.4 Å². The summed E-state index contributed by atoms with van der Waals surface area (Å²) in [4.78, 5) is 4.41. The minimum Gasteiger partial charge on any atom is -0.357 e. The molecule has 22 heavy (non-hydrogen) atoms. The minimum atomic E-state index is -0.266. The molecule has 0 aliphatic rings. The highest BCUT2D eigenvalue weighted by molar-refractivity contribution is 5.79. The zero-order chi connectivity index (χ0) is 15.8. The maximum Gasteiger partial charge on any atom is 0.191 e. The average molecular weight is 303 g/mol. The minimum absolute atomic E-state index is 0.246. The van der Waals surface area contributed by atoms with Crippen LogP contribution in [-0.2, 0) is 13.1 Å². The van der Waals surface area contributed by atoms with Crippen molar-refractivity contribution in [2.75, 3.05) is 6.54 Å². The lowest BCUT2D eigenvalue weighted by Gasteiger charge is -2.11. The van der Waals surface area contributed by atoms with E-state index >= 15 is 0 Å². The predicted molar refractivity (Wildman–Crippen MR) is 84.5 cm³/mol. The molecule has 2 N–H and O–H groups in total. The first kappa shape index (κ1) is 15.9. The van der Waals surface area contributed by atoms with Crippen molar-refractivity contribution in [3.8, 4) is 0 Å². The van der Waals surface area contributed by atoms with E-state index < -0.39 is 0 Å². The van der Waals surface area contributed by atoms with Crippen LogP contribution in [0.15, 0.2) is 53.5 Å².